The third kappa shape index (κ3) is 4.30. The van der Waals surface area contributed by atoms with E-state index in [4.69, 9.17) is 4.74 Å². The molecule has 1 unspecified atom stereocenters. The SMILES string of the molecule is Cc1cc(C)cc(C(O)CCN2C[C@@H](C)O[C@@H](C)C2)c1. The van der Waals surface area contributed by atoms with Gasteiger partial charge in [-0.3, -0.25) is 4.90 Å². The second-order valence-electron chi connectivity index (χ2n) is 6.24. The van der Waals surface area contributed by atoms with E-state index >= 15 is 0 Å². The Morgan fingerprint density at radius 3 is 2.25 bits per heavy atom. The number of hydrogen-bond acceptors (Lipinski definition) is 3. The number of aliphatic hydroxyl groups excluding tert-OH is 1. The van der Waals surface area contributed by atoms with Gasteiger partial charge in [-0.15, -0.1) is 0 Å². The standard InChI is InChI=1S/C17H27NO2/c1-12-7-13(2)9-16(8-12)17(19)5-6-18-10-14(3)20-15(4)11-18/h7-9,14-15,17,19H,5-6,10-11H2,1-4H3/t14-,15+,17?. The molecule has 112 valence electrons. The van der Waals surface area contributed by atoms with Gasteiger partial charge < -0.3 is 9.84 Å². The first-order chi connectivity index (χ1) is 9.44. The van der Waals surface area contributed by atoms with Crippen molar-refractivity contribution in [3.63, 3.8) is 0 Å². The molecule has 1 N–H and O–H groups in total. The molecule has 0 bridgehead atoms. The van der Waals surface area contributed by atoms with Crippen LogP contribution < -0.4 is 0 Å². The Balaban J connectivity index is 1.89. The van der Waals surface area contributed by atoms with Gasteiger partial charge in [0.2, 0.25) is 0 Å². The van der Waals surface area contributed by atoms with Gasteiger partial charge in [0.15, 0.2) is 0 Å². The van der Waals surface area contributed by atoms with Crippen LogP contribution in [0.4, 0.5) is 0 Å². The van der Waals surface area contributed by atoms with Crippen molar-refractivity contribution in [1.29, 1.82) is 0 Å². The summed E-state index contributed by atoms with van der Waals surface area (Å²) in [7, 11) is 0. The summed E-state index contributed by atoms with van der Waals surface area (Å²) in [5, 5.41) is 10.4. The number of nitrogens with zero attached hydrogens (tertiary/aromatic N) is 1. The summed E-state index contributed by atoms with van der Waals surface area (Å²) in [6.45, 7) is 11.2. The number of aryl methyl sites for hydroxylation is 2. The van der Waals surface area contributed by atoms with Crippen molar-refractivity contribution < 1.29 is 9.84 Å². The molecule has 1 aliphatic heterocycles. The topological polar surface area (TPSA) is 32.7 Å². The maximum absolute atomic E-state index is 10.4. The molecule has 1 aliphatic rings. The minimum absolute atomic E-state index is 0.289. The predicted octanol–water partition coefficient (Wildman–Crippen LogP) is 2.84. The minimum atomic E-state index is -0.373. The lowest BCUT2D eigenvalue weighted by Crippen LogP contribution is -2.45. The maximum atomic E-state index is 10.4. The van der Waals surface area contributed by atoms with Gasteiger partial charge in [0.1, 0.15) is 0 Å². The Bertz CT molecular complexity index is 416. The zero-order chi connectivity index (χ0) is 14.7. The van der Waals surface area contributed by atoms with Crippen molar-refractivity contribution in [3.05, 3.63) is 34.9 Å². The molecule has 20 heavy (non-hydrogen) atoms. The molecule has 1 aromatic carbocycles. The van der Waals surface area contributed by atoms with E-state index in [1.807, 2.05) is 0 Å². The Hall–Kier alpha value is -0.900. The highest BCUT2D eigenvalue weighted by atomic mass is 16.5. The Morgan fingerprint density at radius 2 is 1.70 bits per heavy atom. The molecule has 1 fully saturated rings. The predicted molar refractivity (Wildman–Crippen MR) is 81.9 cm³/mol. The van der Waals surface area contributed by atoms with Gasteiger partial charge in [0.25, 0.3) is 0 Å². The molecule has 0 amide bonds. The van der Waals surface area contributed by atoms with E-state index in [9.17, 15) is 5.11 Å². The molecular weight excluding hydrogens is 250 g/mol. The van der Waals surface area contributed by atoms with Crippen LogP contribution in [0.15, 0.2) is 18.2 Å². The summed E-state index contributed by atoms with van der Waals surface area (Å²) in [6, 6.07) is 6.31. The third-order valence-electron chi connectivity index (χ3n) is 3.84. The number of benzene rings is 1. The molecule has 3 nitrogen and oxygen atoms in total. The molecule has 0 saturated carbocycles. The van der Waals surface area contributed by atoms with Crippen LogP contribution in [0.3, 0.4) is 0 Å². The molecule has 0 aromatic heterocycles. The molecule has 2 rings (SSSR count). The Morgan fingerprint density at radius 1 is 1.15 bits per heavy atom. The van der Waals surface area contributed by atoms with Gasteiger partial charge in [-0.05, 0) is 39.7 Å². The van der Waals surface area contributed by atoms with Crippen molar-refractivity contribution in [2.45, 2.75) is 52.4 Å². The zero-order valence-electron chi connectivity index (χ0n) is 13.1. The Kier molecular flexibility index (Phi) is 5.19. The van der Waals surface area contributed by atoms with Crippen molar-refractivity contribution in [2.75, 3.05) is 19.6 Å². The summed E-state index contributed by atoms with van der Waals surface area (Å²) in [4.78, 5) is 2.39. The van der Waals surface area contributed by atoms with Crippen LogP contribution in [0.2, 0.25) is 0 Å². The first-order valence-corrected chi connectivity index (χ1v) is 7.58. The van der Waals surface area contributed by atoms with E-state index in [0.717, 1.165) is 31.6 Å². The van der Waals surface area contributed by atoms with Crippen LogP contribution in [0, 0.1) is 13.8 Å². The van der Waals surface area contributed by atoms with E-state index < -0.39 is 0 Å². The summed E-state index contributed by atoms with van der Waals surface area (Å²) in [5.74, 6) is 0. The number of ether oxygens (including phenoxy) is 1. The summed E-state index contributed by atoms with van der Waals surface area (Å²) < 4.78 is 5.74. The highest BCUT2D eigenvalue weighted by Crippen LogP contribution is 2.21. The average molecular weight is 277 g/mol. The molecule has 0 spiro atoms. The van der Waals surface area contributed by atoms with Gasteiger partial charge in [0.05, 0.1) is 18.3 Å². The normalized spacial score (nSPS) is 25.6. The lowest BCUT2D eigenvalue weighted by Gasteiger charge is -2.35. The van der Waals surface area contributed by atoms with E-state index in [1.54, 1.807) is 0 Å². The van der Waals surface area contributed by atoms with Crippen LogP contribution in [0.5, 0.6) is 0 Å². The molecule has 0 aliphatic carbocycles. The van der Waals surface area contributed by atoms with Crippen LogP contribution >= 0.6 is 0 Å². The molecule has 3 heteroatoms. The van der Waals surface area contributed by atoms with Crippen molar-refractivity contribution in [1.82, 2.24) is 4.90 Å². The monoisotopic (exact) mass is 277 g/mol. The molecule has 0 radical (unpaired) electrons. The van der Waals surface area contributed by atoms with Gasteiger partial charge in [-0.25, -0.2) is 0 Å². The van der Waals surface area contributed by atoms with E-state index in [-0.39, 0.29) is 18.3 Å². The first-order valence-electron chi connectivity index (χ1n) is 7.58. The molecule has 1 aromatic rings. The third-order valence-corrected chi connectivity index (χ3v) is 3.84. The molecular formula is C17H27NO2. The fourth-order valence-corrected chi connectivity index (χ4v) is 3.14. The summed E-state index contributed by atoms with van der Waals surface area (Å²) >= 11 is 0. The quantitative estimate of drug-likeness (QED) is 0.918. The van der Waals surface area contributed by atoms with Crippen molar-refractivity contribution >= 4 is 0 Å². The number of aliphatic hydroxyl groups is 1. The number of hydrogen-bond donors (Lipinski definition) is 1. The number of morpholine rings is 1. The summed E-state index contributed by atoms with van der Waals surface area (Å²) in [6.07, 6.45) is 0.985. The van der Waals surface area contributed by atoms with Gasteiger partial charge in [-0.2, -0.15) is 0 Å². The smallest absolute Gasteiger partial charge is 0.0802 e. The van der Waals surface area contributed by atoms with Crippen LogP contribution in [-0.4, -0.2) is 41.8 Å². The lowest BCUT2D eigenvalue weighted by atomic mass is 10.0. The maximum Gasteiger partial charge on any atom is 0.0802 e. The second kappa shape index (κ2) is 6.70. The van der Waals surface area contributed by atoms with E-state index in [2.05, 4.69) is 50.8 Å². The molecule has 1 heterocycles. The van der Waals surface area contributed by atoms with Crippen LogP contribution in [-0.2, 0) is 4.74 Å². The van der Waals surface area contributed by atoms with Crippen molar-refractivity contribution in [2.24, 2.45) is 0 Å². The Labute approximate surface area is 122 Å². The summed E-state index contributed by atoms with van der Waals surface area (Å²) in [5.41, 5.74) is 3.47. The van der Waals surface area contributed by atoms with Gasteiger partial charge >= 0.3 is 0 Å². The van der Waals surface area contributed by atoms with Gasteiger partial charge in [0, 0.05) is 19.6 Å². The highest BCUT2D eigenvalue weighted by molar-refractivity contribution is 5.29. The first kappa shape index (κ1) is 15.5. The largest absolute Gasteiger partial charge is 0.388 e. The van der Waals surface area contributed by atoms with Crippen LogP contribution in [0.25, 0.3) is 0 Å². The lowest BCUT2D eigenvalue weighted by molar-refractivity contribution is -0.0702. The minimum Gasteiger partial charge on any atom is -0.388 e. The van der Waals surface area contributed by atoms with E-state index in [0.29, 0.717) is 0 Å². The van der Waals surface area contributed by atoms with Crippen LogP contribution in [0.1, 0.15) is 43.1 Å². The highest BCUT2D eigenvalue weighted by Gasteiger charge is 2.22. The fourth-order valence-electron chi connectivity index (χ4n) is 3.14. The van der Waals surface area contributed by atoms with Crippen molar-refractivity contribution in [3.8, 4) is 0 Å². The average Bonchev–Trinajstić information content (AvgIpc) is 2.33. The molecule has 3 atom stereocenters. The molecule has 1 saturated heterocycles. The fraction of sp³-hybridized carbons (Fsp3) is 0.647. The van der Waals surface area contributed by atoms with E-state index in [1.165, 1.54) is 11.1 Å². The number of rotatable bonds is 4. The van der Waals surface area contributed by atoms with Gasteiger partial charge in [-0.1, -0.05) is 29.3 Å². The second-order valence-corrected chi connectivity index (χ2v) is 6.24. The zero-order valence-corrected chi connectivity index (χ0v) is 13.1.